The monoisotopic (exact) mass is 265 g/mol. The van der Waals surface area contributed by atoms with Crippen LogP contribution < -0.4 is 0 Å². The summed E-state index contributed by atoms with van der Waals surface area (Å²) >= 11 is 0. The molecule has 0 saturated carbocycles. The Morgan fingerprint density at radius 3 is 2.79 bits per heavy atom. The summed E-state index contributed by atoms with van der Waals surface area (Å²) < 4.78 is 6.95. The van der Waals surface area contributed by atoms with E-state index in [9.17, 15) is 4.79 Å². The van der Waals surface area contributed by atoms with E-state index < -0.39 is 0 Å². The zero-order valence-electron chi connectivity index (χ0n) is 11.8. The van der Waals surface area contributed by atoms with Crippen molar-refractivity contribution in [1.82, 2.24) is 14.5 Å². The highest BCUT2D eigenvalue weighted by Crippen LogP contribution is 2.19. The lowest BCUT2D eigenvalue weighted by molar-refractivity contribution is 0.0520. The van der Waals surface area contributed by atoms with E-state index in [2.05, 4.69) is 16.8 Å². The molecule has 1 aliphatic rings. The molecule has 0 aromatic carbocycles. The number of likely N-dealkylation sites (tertiary alicyclic amines) is 1. The van der Waals surface area contributed by atoms with Gasteiger partial charge in [-0.1, -0.05) is 6.92 Å². The number of carbonyl (C=O) groups is 1. The highest BCUT2D eigenvalue weighted by atomic mass is 16.5. The summed E-state index contributed by atoms with van der Waals surface area (Å²) in [7, 11) is 0. The van der Waals surface area contributed by atoms with Gasteiger partial charge in [0.25, 0.3) is 0 Å². The van der Waals surface area contributed by atoms with E-state index in [1.165, 1.54) is 25.9 Å². The highest BCUT2D eigenvalue weighted by Gasteiger charge is 2.19. The molecule has 0 radical (unpaired) electrons. The van der Waals surface area contributed by atoms with Crippen LogP contribution in [0.15, 0.2) is 12.5 Å². The van der Waals surface area contributed by atoms with E-state index in [1.54, 1.807) is 19.4 Å². The van der Waals surface area contributed by atoms with E-state index >= 15 is 0 Å². The van der Waals surface area contributed by atoms with Gasteiger partial charge in [0, 0.05) is 12.7 Å². The second-order valence-corrected chi connectivity index (χ2v) is 5.05. The van der Waals surface area contributed by atoms with E-state index in [1.807, 2.05) is 4.57 Å². The molecule has 0 atom stereocenters. The Hall–Kier alpha value is -1.36. The number of carbonyl (C=O) groups excluding carboxylic acids is 1. The number of hydrogen-bond acceptors (Lipinski definition) is 4. The normalized spacial score (nSPS) is 17.6. The maximum atomic E-state index is 11.5. The predicted molar refractivity (Wildman–Crippen MR) is 73.0 cm³/mol. The van der Waals surface area contributed by atoms with Gasteiger partial charge in [0.05, 0.1) is 12.9 Å². The number of imidazole rings is 1. The van der Waals surface area contributed by atoms with Crippen LogP contribution in [0.25, 0.3) is 0 Å². The molecule has 0 unspecified atom stereocenters. The second kappa shape index (κ2) is 6.70. The quantitative estimate of drug-likeness (QED) is 0.762. The van der Waals surface area contributed by atoms with Gasteiger partial charge in [-0.05, 0) is 45.3 Å². The van der Waals surface area contributed by atoms with Crippen molar-refractivity contribution in [3.05, 3.63) is 18.2 Å². The largest absolute Gasteiger partial charge is 0.461 e. The van der Waals surface area contributed by atoms with Gasteiger partial charge in [-0.3, -0.25) is 0 Å². The number of nitrogens with zero attached hydrogens (tertiary/aromatic N) is 3. The molecule has 1 saturated heterocycles. The van der Waals surface area contributed by atoms with Crippen LogP contribution in [0.5, 0.6) is 0 Å². The summed E-state index contributed by atoms with van der Waals surface area (Å²) in [5.74, 6) is 0.356. The van der Waals surface area contributed by atoms with Crippen LogP contribution in [0.4, 0.5) is 0 Å². The molecular formula is C14H23N3O2. The fourth-order valence-electron chi connectivity index (χ4n) is 2.55. The first-order chi connectivity index (χ1) is 9.22. The number of aromatic nitrogens is 2. The smallest absolute Gasteiger partial charge is 0.358 e. The van der Waals surface area contributed by atoms with Crippen molar-refractivity contribution in [3.63, 3.8) is 0 Å². The minimum Gasteiger partial charge on any atom is -0.461 e. The van der Waals surface area contributed by atoms with Crippen molar-refractivity contribution >= 4 is 5.97 Å². The molecule has 0 spiro atoms. The molecule has 5 heteroatoms. The van der Waals surface area contributed by atoms with Gasteiger partial charge in [0.1, 0.15) is 0 Å². The standard InChI is InChI=1S/C14H23N3O2/c1-3-16-7-5-12(6-8-16)9-17-10-13(15-11-17)14(18)19-4-2/h10-12H,3-9H2,1-2H3. The molecule has 0 aliphatic carbocycles. The maximum absolute atomic E-state index is 11.5. The lowest BCUT2D eigenvalue weighted by Gasteiger charge is -2.31. The summed E-state index contributed by atoms with van der Waals surface area (Å²) in [6.07, 6.45) is 5.98. The number of ether oxygens (including phenoxy) is 1. The molecule has 2 heterocycles. The Labute approximate surface area is 114 Å². The first-order valence-electron chi connectivity index (χ1n) is 7.14. The van der Waals surface area contributed by atoms with Crippen LogP contribution in [0, 0.1) is 5.92 Å². The Kier molecular flexibility index (Phi) is 4.96. The predicted octanol–water partition coefficient (Wildman–Crippen LogP) is 1.79. The van der Waals surface area contributed by atoms with Gasteiger partial charge < -0.3 is 14.2 Å². The molecular weight excluding hydrogens is 242 g/mol. The van der Waals surface area contributed by atoms with Crippen molar-refractivity contribution in [2.75, 3.05) is 26.2 Å². The van der Waals surface area contributed by atoms with Gasteiger partial charge in [0.2, 0.25) is 0 Å². The number of hydrogen-bond donors (Lipinski definition) is 0. The molecule has 106 valence electrons. The summed E-state index contributed by atoms with van der Waals surface area (Å²) in [5.41, 5.74) is 0.410. The average molecular weight is 265 g/mol. The van der Waals surface area contributed by atoms with Crippen LogP contribution >= 0.6 is 0 Å². The van der Waals surface area contributed by atoms with Crippen molar-refractivity contribution in [1.29, 1.82) is 0 Å². The van der Waals surface area contributed by atoms with Gasteiger partial charge in [-0.25, -0.2) is 9.78 Å². The van der Waals surface area contributed by atoms with Crippen LogP contribution in [-0.4, -0.2) is 46.7 Å². The fourth-order valence-corrected chi connectivity index (χ4v) is 2.55. The summed E-state index contributed by atoms with van der Waals surface area (Å²) in [6, 6.07) is 0. The zero-order valence-corrected chi connectivity index (χ0v) is 11.8. The second-order valence-electron chi connectivity index (χ2n) is 5.05. The van der Waals surface area contributed by atoms with Crippen LogP contribution in [0.3, 0.4) is 0 Å². The van der Waals surface area contributed by atoms with Gasteiger partial charge in [0.15, 0.2) is 5.69 Å². The number of rotatable bonds is 5. The third-order valence-corrected chi connectivity index (χ3v) is 3.74. The average Bonchev–Trinajstić information content (AvgIpc) is 2.88. The first kappa shape index (κ1) is 14.1. The van der Waals surface area contributed by atoms with E-state index in [0.29, 0.717) is 18.2 Å². The van der Waals surface area contributed by atoms with Crippen LogP contribution in [-0.2, 0) is 11.3 Å². The van der Waals surface area contributed by atoms with Gasteiger partial charge in [-0.2, -0.15) is 0 Å². The summed E-state index contributed by atoms with van der Waals surface area (Å²) in [4.78, 5) is 18.1. The molecule has 19 heavy (non-hydrogen) atoms. The first-order valence-corrected chi connectivity index (χ1v) is 7.14. The molecule has 0 bridgehead atoms. The minimum atomic E-state index is -0.331. The third kappa shape index (κ3) is 3.80. The lowest BCUT2D eigenvalue weighted by Crippen LogP contribution is -2.34. The molecule has 0 N–H and O–H groups in total. The Balaban J connectivity index is 1.85. The van der Waals surface area contributed by atoms with Gasteiger partial charge >= 0.3 is 5.97 Å². The molecule has 2 rings (SSSR count). The lowest BCUT2D eigenvalue weighted by atomic mass is 9.97. The highest BCUT2D eigenvalue weighted by molar-refractivity contribution is 5.86. The van der Waals surface area contributed by atoms with Crippen molar-refractivity contribution < 1.29 is 9.53 Å². The Morgan fingerprint density at radius 2 is 2.16 bits per heavy atom. The molecule has 1 aromatic rings. The molecule has 5 nitrogen and oxygen atoms in total. The Morgan fingerprint density at radius 1 is 1.42 bits per heavy atom. The maximum Gasteiger partial charge on any atom is 0.358 e. The van der Waals surface area contributed by atoms with E-state index in [0.717, 1.165) is 13.1 Å². The Bertz CT molecular complexity index is 409. The third-order valence-electron chi connectivity index (χ3n) is 3.74. The molecule has 1 aromatic heterocycles. The fraction of sp³-hybridized carbons (Fsp3) is 0.714. The molecule has 0 amide bonds. The van der Waals surface area contributed by atoms with E-state index in [4.69, 9.17) is 4.74 Å². The van der Waals surface area contributed by atoms with Crippen LogP contribution in [0.2, 0.25) is 0 Å². The minimum absolute atomic E-state index is 0.331. The summed E-state index contributed by atoms with van der Waals surface area (Å²) in [5, 5.41) is 0. The topological polar surface area (TPSA) is 47.4 Å². The van der Waals surface area contributed by atoms with Gasteiger partial charge in [-0.15, -0.1) is 0 Å². The van der Waals surface area contributed by atoms with Crippen molar-refractivity contribution in [2.45, 2.75) is 33.2 Å². The molecule has 1 fully saturated rings. The zero-order chi connectivity index (χ0) is 13.7. The molecule has 1 aliphatic heterocycles. The summed E-state index contributed by atoms with van der Waals surface area (Å²) in [6.45, 7) is 8.86. The number of esters is 1. The SMILES string of the molecule is CCOC(=O)c1cn(CC2CCN(CC)CC2)cn1. The van der Waals surface area contributed by atoms with Crippen molar-refractivity contribution in [2.24, 2.45) is 5.92 Å². The number of piperidine rings is 1. The van der Waals surface area contributed by atoms with E-state index in [-0.39, 0.29) is 5.97 Å². The van der Waals surface area contributed by atoms with Crippen molar-refractivity contribution in [3.8, 4) is 0 Å². The van der Waals surface area contributed by atoms with Crippen LogP contribution in [0.1, 0.15) is 37.2 Å².